The van der Waals surface area contributed by atoms with E-state index in [0.29, 0.717) is 12.3 Å². The highest BCUT2D eigenvalue weighted by Crippen LogP contribution is 2.83. The molecule has 3 aliphatic carbocycles. The molecule has 3 saturated carbocycles. The van der Waals surface area contributed by atoms with Gasteiger partial charge in [0, 0.05) is 17.9 Å². The Labute approximate surface area is 89.1 Å². The Morgan fingerprint density at radius 3 is 2.80 bits per heavy atom. The molecule has 0 aromatic rings. The number of hydrogen-bond donors (Lipinski definition) is 1. The van der Waals surface area contributed by atoms with Crippen molar-refractivity contribution in [2.24, 2.45) is 11.3 Å². The van der Waals surface area contributed by atoms with E-state index in [0.717, 1.165) is 19.3 Å². The maximum absolute atomic E-state index is 11.3. The molecule has 0 bridgehead atoms. The van der Waals surface area contributed by atoms with Gasteiger partial charge in [-0.15, -0.1) is 0 Å². The minimum atomic E-state index is -0.515. The van der Waals surface area contributed by atoms with Crippen LogP contribution in [0.5, 0.6) is 0 Å². The van der Waals surface area contributed by atoms with Crippen molar-refractivity contribution < 1.29 is 14.6 Å². The number of rotatable bonds is 2. The van der Waals surface area contributed by atoms with E-state index in [1.54, 1.807) is 0 Å². The maximum atomic E-state index is 11.3. The predicted molar refractivity (Wildman–Crippen MR) is 54.0 cm³/mol. The lowest BCUT2D eigenvalue weighted by molar-refractivity contribution is -0.196. The summed E-state index contributed by atoms with van der Waals surface area (Å²) in [6.07, 6.45) is 4.55. The van der Waals surface area contributed by atoms with Crippen LogP contribution in [0, 0.1) is 11.3 Å². The van der Waals surface area contributed by atoms with Gasteiger partial charge in [0.25, 0.3) is 0 Å². The predicted octanol–water partition coefficient (Wildman–Crippen LogP) is 1.41. The van der Waals surface area contributed by atoms with Crippen LogP contribution in [0.4, 0.5) is 0 Å². The number of ether oxygens (including phenoxy) is 1. The standard InChI is InChI=1S/C12H16O3/c1-3-9(13)15-12-5-8(2)4-10(12)6-11(10,14)7-12/h3,8,14H,1,4-7H2,2H3. The van der Waals surface area contributed by atoms with Gasteiger partial charge < -0.3 is 9.84 Å². The molecule has 0 aromatic heterocycles. The minimum absolute atomic E-state index is 0.0991. The van der Waals surface area contributed by atoms with E-state index in [4.69, 9.17) is 4.74 Å². The van der Waals surface area contributed by atoms with E-state index in [-0.39, 0.29) is 17.0 Å². The average molecular weight is 208 g/mol. The molecule has 1 N–H and O–H groups in total. The second-order valence-electron chi connectivity index (χ2n) is 5.60. The number of aliphatic hydroxyl groups is 1. The lowest BCUT2D eigenvalue weighted by Gasteiger charge is -2.47. The summed E-state index contributed by atoms with van der Waals surface area (Å²) in [5.74, 6) is 0.191. The van der Waals surface area contributed by atoms with Crippen molar-refractivity contribution in [3.8, 4) is 0 Å². The van der Waals surface area contributed by atoms with Gasteiger partial charge >= 0.3 is 5.97 Å². The highest BCUT2D eigenvalue weighted by Gasteiger charge is 2.89. The summed E-state index contributed by atoms with van der Waals surface area (Å²) < 4.78 is 5.51. The maximum Gasteiger partial charge on any atom is 0.330 e. The Bertz CT molecular complexity index is 360. The molecule has 4 unspecified atom stereocenters. The van der Waals surface area contributed by atoms with Crippen LogP contribution in [0.3, 0.4) is 0 Å². The Balaban J connectivity index is 1.87. The zero-order chi connectivity index (χ0) is 10.9. The molecular weight excluding hydrogens is 192 g/mol. The molecule has 0 heterocycles. The fourth-order valence-corrected chi connectivity index (χ4v) is 4.16. The summed E-state index contributed by atoms with van der Waals surface area (Å²) in [6, 6.07) is 0. The summed E-state index contributed by atoms with van der Waals surface area (Å²) in [4.78, 5) is 11.3. The fraction of sp³-hybridized carbons (Fsp3) is 0.750. The Hall–Kier alpha value is -0.830. The lowest BCUT2D eigenvalue weighted by atomic mass is 9.68. The van der Waals surface area contributed by atoms with Gasteiger partial charge in [0.2, 0.25) is 0 Å². The van der Waals surface area contributed by atoms with Crippen LogP contribution < -0.4 is 0 Å². The highest BCUT2D eigenvalue weighted by molar-refractivity contribution is 5.82. The molecule has 3 fully saturated rings. The first kappa shape index (κ1) is 9.40. The van der Waals surface area contributed by atoms with Crippen LogP contribution >= 0.6 is 0 Å². The molecule has 3 heteroatoms. The monoisotopic (exact) mass is 208 g/mol. The molecule has 3 aliphatic rings. The smallest absolute Gasteiger partial charge is 0.330 e. The summed E-state index contributed by atoms with van der Waals surface area (Å²) >= 11 is 0. The first-order valence-electron chi connectivity index (χ1n) is 5.55. The Morgan fingerprint density at radius 1 is 1.53 bits per heavy atom. The SMILES string of the molecule is C=CC(=O)OC12CC(C)CC13CC3(O)C2. The number of hydrogen-bond acceptors (Lipinski definition) is 3. The van der Waals surface area contributed by atoms with E-state index in [1.165, 1.54) is 6.08 Å². The van der Waals surface area contributed by atoms with Crippen molar-refractivity contribution in [1.29, 1.82) is 0 Å². The van der Waals surface area contributed by atoms with Crippen molar-refractivity contribution in [3.05, 3.63) is 12.7 Å². The largest absolute Gasteiger partial charge is 0.455 e. The van der Waals surface area contributed by atoms with Crippen molar-refractivity contribution in [2.75, 3.05) is 0 Å². The Kier molecular flexibility index (Phi) is 1.44. The molecule has 3 rings (SSSR count). The average Bonchev–Trinajstić information content (AvgIpc) is 2.52. The second-order valence-corrected chi connectivity index (χ2v) is 5.60. The third kappa shape index (κ3) is 0.842. The molecule has 3 nitrogen and oxygen atoms in total. The molecule has 0 aromatic carbocycles. The summed E-state index contributed by atoms with van der Waals surface area (Å²) in [6.45, 7) is 5.58. The molecule has 15 heavy (non-hydrogen) atoms. The fourth-order valence-electron chi connectivity index (χ4n) is 4.16. The van der Waals surface area contributed by atoms with E-state index in [2.05, 4.69) is 13.5 Å². The van der Waals surface area contributed by atoms with Gasteiger partial charge in [-0.25, -0.2) is 4.79 Å². The number of carbonyl (C=O) groups is 1. The molecule has 0 aliphatic heterocycles. The quantitative estimate of drug-likeness (QED) is 0.551. The second kappa shape index (κ2) is 2.29. The zero-order valence-electron chi connectivity index (χ0n) is 8.95. The van der Waals surface area contributed by atoms with Crippen LogP contribution in [0.15, 0.2) is 12.7 Å². The molecule has 82 valence electrons. The third-order valence-corrected chi connectivity index (χ3v) is 4.65. The van der Waals surface area contributed by atoms with E-state index >= 15 is 0 Å². The van der Waals surface area contributed by atoms with Gasteiger partial charge in [-0.2, -0.15) is 0 Å². The van der Waals surface area contributed by atoms with Crippen molar-refractivity contribution in [3.63, 3.8) is 0 Å². The first-order chi connectivity index (χ1) is 6.97. The van der Waals surface area contributed by atoms with Crippen molar-refractivity contribution >= 4 is 5.97 Å². The van der Waals surface area contributed by atoms with Crippen molar-refractivity contribution in [1.82, 2.24) is 0 Å². The lowest BCUT2D eigenvalue weighted by Crippen LogP contribution is -2.56. The van der Waals surface area contributed by atoms with E-state index < -0.39 is 5.60 Å². The molecule has 0 amide bonds. The Morgan fingerprint density at radius 2 is 2.27 bits per heavy atom. The van der Waals surface area contributed by atoms with Crippen molar-refractivity contribution in [2.45, 2.75) is 43.8 Å². The number of carbonyl (C=O) groups excluding carboxylic acids is 1. The topological polar surface area (TPSA) is 46.5 Å². The van der Waals surface area contributed by atoms with Gasteiger partial charge in [-0.1, -0.05) is 13.5 Å². The molecule has 0 radical (unpaired) electrons. The molecule has 4 atom stereocenters. The van der Waals surface area contributed by atoms with Gasteiger partial charge in [0.15, 0.2) is 0 Å². The minimum Gasteiger partial charge on any atom is -0.455 e. The van der Waals surface area contributed by atoms with E-state index in [9.17, 15) is 9.90 Å². The third-order valence-electron chi connectivity index (χ3n) is 4.65. The van der Waals surface area contributed by atoms with Gasteiger partial charge in [-0.05, 0) is 25.2 Å². The van der Waals surface area contributed by atoms with Gasteiger partial charge in [0.1, 0.15) is 5.60 Å². The van der Waals surface area contributed by atoms with E-state index in [1.807, 2.05) is 0 Å². The molecule has 0 saturated heterocycles. The molecule has 1 spiro atoms. The summed E-state index contributed by atoms with van der Waals surface area (Å²) in [7, 11) is 0. The van der Waals surface area contributed by atoms with Crippen LogP contribution in [0.2, 0.25) is 0 Å². The number of esters is 1. The van der Waals surface area contributed by atoms with Gasteiger partial charge in [-0.3, -0.25) is 0 Å². The highest BCUT2D eigenvalue weighted by atomic mass is 16.6. The first-order valence-corrected chi connectivity index (χ1v) is 5.55. The summed E-state index contributed by atoms with van der Waals surface area (Å²) in [5, 5.41) is 10.1. The van der Waals surface area contributed by atoms with Crippen LogP contribution in [-0.2, 0) is 9.53 Å². The molecular formula is C12H16O3. The normalized spacial score (nSPS) is 54.9. The zero-order valence-corrected chi connectivity index (χ0v) is 8.95. The summed E-state index contributed by atoms with van der Waals surface area (Å²) in [5.41, 5.74) is -0.982. The van der Waals surface area contributed by atoms with Crippen LogP contribution in [0.1, 0.15) is 32.6 Å². The van der Waals surface area contributed by atoms with Crippen LogP contribution in [0.25, 0.3) is 0 Å². The van der Waals surface area contributed by atoms with Gasteiger partial charge in [0.05, 0.1) is 5.60 Å². The van der Waals surface area contributed by atoms with Crippen LogP contribution in [-0.4, -0.2) is 22.3 Å².